The van der Waals surface area contributed by atoms with E-state index in [1.165, 1.54) is 47.4 Å². The van der Waals surface area contributed by atoms with Crippen LogP contribution in [-0.2, 0) is 9.84 Å². The van der Waals surface area contributed by atoms with E-state index in [2.05, 4.69) is 20.3 Å². The number of thioether (sulfide) groups is 1. The number of ether oxygens (including phenoxy) is 1. The van der Waals surface area contributed by atoms with Gasteiger partial charge in [-0.25, -0.2) is 8.42 Å². The van der Waals surface area contributed by atoms with Gasteiger partial charge in [-0.2, -0.15) is 0 Å². The van der Waals surface area contributed by atoms with Crippen LogP contribution in [0.5, 0.6) is 5.75 Å². The van der Waals surface area contributed by atoms with E-state index in [-0.39, 0.29) is 17.3 Å². The molecule has 0 atom stereocenters. The molecule has 0 unspecified atom stereocenters. The third-order valence-corrected chi connectivity index (χ3v) is 7.78. The molecule has 0 radical (unpaired) electrons. The highest BCUT2D eigenvalue weighted by Crippen LogP contribution is 2.32. The first-order chi connectivity index (χ1) is 12.7. The third-order valence-electron chi connectivity index (χ3n) is 3.86. The van der Waals surface area contributed by atoms with Gasteiger partial charge >= 0.3 is 6.36 Å². The fraction of sp³-hybridized carbons (Fsp3) is 0.467. The quantitative estimate of drug-likeness (QED) is 0.679. The van der Waals surface area contributed by atoms with Crippen LogP contribution in [0.15, 0.2) is 28.6 Å². The molecular formula is C15H16F3N3O3S3. The summed E-state index contributed by atoms with van der Waals surface area (Å²) in [6.45, 7) is 0. The Hall–Kier alpha value is -1.53. The summed E-state index contributed by atoms with van der Waals surface area (Å²) >= 11 is 2.86. The van der Waals surface area contributed by atoms with Crippen molar-refractivity contribution in [1.82, 2.24) is 10.2 Å². The van der Waals surface area contributed by atoms with Gasteiger partial charge in [0.25, 0.3) is 0 Å². The number of nitrogens with zero attached hydrogens (tertiary/aromatic N) is 2. The minimum absolute atomic E-state index is 0.245. The number of aromatic nitrogens is 2. The molecule has 1 aromatic heterocycles. The number of rotatable bonds is 6. The fourth-order valence-electron chi connectivity index (χ4n) is 2.48. The topological polar surface area (TPSA) is 81.2 Å². The van der Waals surface area contributed by atoms with Crippen LogP contribution in [0.1, 0.15) is 12.8 Å². The molecule has 1 N–H and O–H groups in total. The number of nitrogens with one attached hydrogen (secondary N) is 1. The Balaban J connectivity index is 1.49. The van der Waals surface area contributed by atoms with Crippen molar-refractivity contribution in [1.29, 1.82) is 0 Å². The van der Waals surface area contributed by atoms with Crippen molar-refractivity contribution >= 4 is 43.8 Å². The highest BCUT2D eigenvalue weighted by Gasteiger charge is 2.31. The van der Waals surface area contributed by atoms with Crippen molar-refractivity contribution in [2.75, 3.05) is 22.6 Å². The largest absolute Gasteiger partial charge is 0.573 e. The van der Waals surface area contributed by atoms with Crippen molar-refractivity contribution in [2.45, 2.75) is 23.5 Å². The average Bonchev–Trinajstić information content (AvgIpc) is 3.02. The molecule has 6 nitrogen and oxygen atoms in total. The van der Waals surface area contributed by atoms with Crippen LogP contribution in [-0.4, -0.2) is 42.2 Å². The normalized spacial score (nSPS) is 17.6. The van der Waals surface area contributed by atoms with E-state index >= 15 is 0 Å². The second-order valence-corrected chi connectivity index (χ2v) is 10.5. The van der Waals surface area contributed by atoms with E-state index in [1.54, 1.807) is 0 Å². The van der Waals surface area contributed by atoms with Crippen LogP contribution in [0.3, 0.4) is 0 Å². The predicted octanol–water partition coefficient (Wildman–Crippen LogP) is 4.10. The van der Waals surface area contributed by atoms with Gasteiger partial charge in [-0.05, 0) is 43.0 Å². The van der Waals surface area contributed by atoms with Crippen molar-refractivity contribution in [3.63, 3.8) is 0 Å². The van der Waals surface area contributed by atoms with Crippen LogP contribution in [0.4, 0.5) is 24.0 Å². The molecule has 1 aromatic carbocycles. The molecule has 148 valence electrons. The standard InChI is InChI=1S/C15H16F3N3O3S3/c16-15(17,18)24-12-3-1-11(2-4-12)19-13-20-21-14(26-13)25-9-10-5-7-27(22,23)8-6-10/h1-4,10H,5-9H2,(H,19,20). The maximum Gasteiger partial charge on any atom is 0.573 e. The number of benzene rings is 1. The molecule has 3 rings (SSSR count). The molecule has 1 aliphatic rings. The van der Waals surface area contributed by atoms with Crippen LogP contribution >= 0.6 is 23.1 Å². The number of alkyl halides is 3. The van der Waals surface area contributed by atoms with Crippen molar-refractivity contribution in [3.05, 3.63) is 24.3 Å². The van der Waals surface area contributed by atoms with E-state index in [1.807, 2.05) is 0 Å². The fourth-order valence-corrected chi connectivity index (χ4v) is 6.05. The van der Waals surface area contributed by atoms with Crippen molar-refractivity contribution in [2.24, 2.45) is 5.92 Å². The molecule has 0 bridgehead atoms. The van der Waals surface area contributed by atoms with Gasteiger partial charge in [0, 0.05) is 11.4 Å². The molecule has 0 amide bonds. The molecule has 0 spiro atoms. The van der Waals surface area contributed by atoms with Crippen LogP contribution < -0.4 is 10.1 Å². The highest BCUT2D eigenvalue weighted by atomic mass is 32.2. The lowest BCUT2D eigenvalue weighted by Crippen LogP contribution is -2.24. The van der Waals surface area contributed by atoms with Gasteiger partial charge in [0.15, 0.2) is 4.34 Å². The third kappa shape index (κ3) is 6.54. The number of hydrogen-bond donors (Lipinski definition) is 1. The number of sulfone groups is 1. The van der Waals surface area contributed by atoms with Gasteiger partial charge in [-0.1, -0.05) is 23.1 Å². The first-order valence-corrected chi connectivity index (χ1v) is 11.6. The second-order valence-electron chi connectivity index (χ2n) is 5.98. The zero-order valence-corrected chi connectivity index (χ0v) is 16.3. The molecule has 2 aromatic rings. The maximum atomic E-state index is 12.1. The summed E-state index contributed by atoms with van der Waals surface area (Å²) in [5, 5.41) is 11.6. The Morgan fingerprint density at radius 1 is 1.19 bits per heavy atom. The number of anilines is 2. The van der Waals surface area contributed by atoms with Gasteiger partial charge in [0.1, 0.15) is 15.6 Å². The summed E-state index contributed by atoms with van der Waals surface area (Å²) in [6.07, 6.45) is -3.38. The van der Waals surface area contributed by atoms with Gasteiger partial charge in [-0.3, -0.25) is 0 Å². The zero-order valence-electron chi connectivity index (χ0n) is 13.9. The lowest BCUT2D eigenvalue weighted by molar-refractivity contribution is -0.274. The first kappa shape index (κ1) is 20.2. The van der Waals surface area contributed by atoms with E-state index in [9.17, 15) is 21.6 Å². The second kappa shape index (κ2) is 8.23. The van der Waals surface area contributed by atoms with Crippen LogP contribution in [0, 0.1) is 5.92 Å². The Morgan fingerprint density at radius 2 is 1.85 bits per heavy atom. The van der Waals surface area contributed by atoms with Crippen molar-refractivity contribution in [3.8, 4) is 5.75 Å². The first-order valence-electron chi connectivity index (χ1n) is 7.98. The number of hydrogen-bond acceptors (Lipinski definition) is 8. The molecule has 0 saturated carbocycles. The summed E-state index contributed by atoms with van der Waals surface area (Å²) < 4.78 is 63.9. The zero-order chi connectivity index (χ0) is 19.5. The summed E-state index contributed by atoms with van der Waals surface area (Å²) in [7, 11) is -2.86. The molecule has 0 aliphatic carbocycles. The summed E-state index contributed by atoms with van der Waals surface area (Å²) in [6, 6.07) is 5.34. The molecule has 12 heteroatoms. The number of halogens is 3. The highest BCUT2D eigenvalue weighted by molar-refractivity contribution is 8.01. The molecule has 27 heavy (non-hydrogen) atoms. The monoisotopic (exact) mass is 439 g/mol. The maximum absolute atomic E-state index is 12.1. The van der Waals surface area contributed by atoms with Gasteiger partial charge in [0.2, 0.25) is 5.13 Å². The molecule has 1 aliphatic heterocycles. The van der Waals surface area contributed by atoms with E-state index in [0.29, 0.717) is 29.6 Å². The Kier molecular flexibility index (Phi) is 6.16. The predicted molar refractivity (Wildman–Crippen MR) is 98.4 cm³/mol. The van der Waals surface area contributed by atoms with Crippen molar-refractivity contribution < 1.29 is 26.3 Å². The Morgan fingerprint density at radius 3 is 2.48 bits per heavy atom. The summed E-state index contributed by atoms with van der Waals surface area (Å²) in [4.78, 5) is 0. The molecular weight excluding hydrogens is 423 g/mol. The SMILES string of the molecule is O=S1(=O)CCC(CSc2nnc(Nc3ccc(OC(F)(F)F)cc3)s2)CC1. The van der Waals surface area contributed by atoms with E-state index in [0.717, 1.165) is 10.1 Å². The van der Waals surface area contributed by atoms with E-state index in [4.69, 9.17) is 0 Å². The van der Waals surface area contributed by atoms with Gasteiger partial charge in [0.05, 0.1) is 11.5 Å². The van der Waals surface area contributed by atoms with Crippen LogP contribution in [0.25, 0.3) is 0 Å². The van der Waals surface area contributed by atoms with Gasteiger partial charge in [-0.15, -0.1) is 23.4 Å². The lowest BCUT2D eigenvalue weighted by Gasteiger charge is -2.20. The average molecular weight is 440 g/mol. The Bertz CT molecular complexity index is 856. The van der Waals surface area contributed by atoms with Crippen LogP contribution in [0.2, 0.25) is 0 Å². The van der Waals surface area contributed by atoms with E-state index < -0.39 is 16.2 Å². The molecule has 2 heterocycles. The minimum Gasteiger partial charge on any atom is -0.406 e. The van der Waals surface area contributed by atoms with Gasteiger partial charge < -0.3 is 10.1 Å². The smallest absolute Gasteiger partial charge is 0.406 e. The minimum atomic E-state index is -4.72. The summed E-state index contributed by atoms with van der Waals surface area (Å²) in [5.74, 6) is 1.33. The Labute approximate surface area is 162 Å². The molecule has 1 fully saturated rings. The summed E-state index contributed by atoms with van der Waals surface area (Å²) in [5.41, 5.74) is 0.565. The molecule has 1 saturated heterocycles. The lowest BCUT2D eigenvalue weighted by atomic mass is 10.1.